The maximum Gasteiger partial charge on any atom is 0.0648 e. The second-order valence-electron chi connectivity index (χ2n) is 3.52. The van der Waals surface area contributed by atoms with E-state index in [9.17, 15) is 0 Å². The summed E-state index contributed by atoms with van der Waals surface area (Å²) < 4.78 is 1.89. The summed E-state index contributed by atoms with van der Waals surface area (Å²) in [6.45, 7) is 2.22. The van der Waals surface area contributed by atoms with Crippen LogP contribution in [0.4, 0.5) is 0 Å². The number of aliphatic hydroxyl groups excluding tert-OH is 1. The van der Waals surface area contributed by atoms with Gasteiger partial charge < -0.3 is 5.11 Å². The molecule has 0 aliphatic rings. The molecule has 0 bridgehead atoms. The molecule has 3 heteroatoms. The third-order valence-corrected chi connectivity index (χ3v) is 2.41. The number of aliphatic hydroxyl groups is 1. The normalized spacial score (nSPS) is 10.5. The Kier molecular flexibility index (Phi) is 2.83. The van der Waals surface area contributed by atoms with E-state index >= 15 is 0 Å². The molecule has 0 radical (unpaired) electrons. The van der Waals surface area contributed by atoms with E-state index in [1.165, 1.54) is 0 Å². The van der Waals surface area contributed by atoms with Crippen molar-refractivity contribution in [3.05, 3.63) is 47.8 Å². The number of benzene rings is 1. The molecule has 0 atom stereocenters. The Hall–Kier alpha value is -1.61. The van der Waals surface area contributed by atoms with Crippen LogP contribution in [0.15, 0.2) is 36.5 Å². The van der Waals surface area contributed by atoms with E-state index < -0.39 is 0 Å². The minimum atomic E-state index is 0.195. The molecule has 0 unspecified atom stereocenters. The van der Waals surface area contributed by atoms with Gasteiger partial charge in [0.25, 0.3) is 0 Å². The number of nitrogens with zero attached hydrogens (tertiary/aromatic N) is 2. The number of aromatic nitrogens is 2. The molecule has 0 aliphatic heterocycles. The molecule has 0 saturated carbocycles. The zero-order valence-corrected chi connectivity index (χ0v) is 8.72. The molecule has 3 nitrogen and oxygen atoms in total. The molecular weight excluding hydrogens is 188 g/mol. The molecular formula is C12H14N2O. The summed E-state index contributed by atoms with van der Waals surface area (Å²) in [4.78, 5) is 0. The van der Waals surface area contributed by atoms with Crippen LogP contribution in [0.5, 0.6) is 0 Å². The first-order chi connectivity index (χ1) is 7.31. The molecule has 1 heterocycles. The van der Waals surface area contributed by atoms with Gasteiger partial charge in [-0.25, -0.2) is 4.68 Å². The number of aryl methyl sites for hydroxylation is 1. The van der Waals surface area contributed by atoms with Crippen LogP contribution in [-0.4, -0.2) is 21.5 Å². The topological polar surface area (TPSA) is 38.0 Å². The minimum absolute atomic E-state index is 0.195. The first kappa shape index (κ1) is 9.93. The molecule has 0 amide bonds. The largest absolute Gasteiger partial charge is 0.396 e. The van der Waals surface area contributed by atoms with Gasteiger partial charge in [-0.3, -0.25) is 0 Å². The molecule has 0 aliphatic carbocycles. The van der Waals surface area contributed by atoms with Gasteiger partial charge in [0.05, 0.1) is 5.69 Å². The van der Waals surface area contributed by atoms with Crippen LogP contribution in [0.1, 0.15) is 11.3 Å². The fourth-order valence-electron chi connectivity index (χ4n) is 1.57. The smallest absolute Gasteiger partial charge is 0.0648 e. The van der Waals surface area contributed by atoms with Gasteiger partial charge in [0.1, 0.15) is 0 Å². The summed E-state index contributed by atoms with van der Waals surface area (Å²) in [6, 6.07) is 10.1. The van der Waals surface area contributed by atoms with Gasteiger partial charge in [-0.1, -0.05) is 12.1 Å². The number of hydrogen-bond acceptors (Lipinski definition) is 2. The van der Waals surface area contributed by atoms with Crippen molar-refractivity contribution in [3.8, 4) is 5.69 Å². The zero-order chi connectivity index (χ0) is 10.7. The molecule has 0 saturated heterocycles. The maximum absolute atomic E-state index is 8.80. The Labute approximate surface area is 89.0 Å². The highest BCUT2D eigenvalue weighted by Crippen LogP contribution is 2.11. The summed E-state index contributed by atoms with van der Waals surface area (Å²) in [5, 5.41) is 13.0. The Balaban J connectivity index is 2.28. The predicted molar refractivity (Wildman–Crippen MR) is 59.1 cm³/mol. The van der Waals surface area contributed by atoms with Crippen LogP contribution in [0, 0.1) is 6.92 Å². The van der Waals surface area contributed by atoms with Crippen molar-refractivity contribution >= 4 is 0 Å². The van der Waals surface area contributed by atoms with Crippen molar-refractivity contribution in [1.29, 1.82) is 0 Å². The highest BCUT2D eigenvalue weighted by molar-refractivity contribution is 5.35. The van der Waals surface area contributed by atoms with Crippen LogP contribution in [0.25, 0.3) is 5.69 Å². The summed E-state index contributed by atoms with van der Waals surface area (Å²) in [5.74, 6) is 0. The van der Waals surface area contributed by atoms with Gasteiger partial charge in [0, 0.05) is 18.5 Å². The number of hydrogen-bond donors (Lipinski definition) is 1. The van der Waals surface area contributed by atoms with Crippen molar-refractivity contribution in [1.82, 2.24) is 9.78 Å². The fraction of sp³-hybridized carbons (Fsp3) is 0.250. The molecule has 1 aromatic carbocycles. The highest BCUT2D eigenvalue weighted by atomic mass is 16.2. The predicted octanol–water partition coefficient (Wildman–Crippen LogP) is 1.72. The zero-order valence-electron chi connectivity index (χ0n) is 8.72. The Morgan fingerprint density at radius 3 is 2.47 bits per heavy atom. The Morgan fingerprint density at radius 1 is 1.20 bits per heavy atom. The van der Waals surface area contributed by atoms with Crippen LogP contribution < -0.4 is 0 Å². The minimum Gasteiger partial charge on any atom is -0.396 e. The summed E-state index contributed by atoms with van der Waals surface area (Å²) in [7, 11) is 0. The first-order valence-electron chi connectivity index (χ1n) is 5.02. The second-order valence-corrected chi connectivity index (χ2v) is 3.52. The standard InChI is InChI=1S/C12H14N2O/c1-10-6-8-13-14(10)12-4-2-11(3-5-12)7-9-15/h2-6,8,15H,7,9H2,1H3. The third kappa shape index (κ3) is 2.07. The molecule has 0 spiro atoms. The third-order valence-electron chi connectivity index (χ3n) is 2.41. The van der Waals surface area contributed by atoms with E-state index in [0.717, 1.165) is 16.9 Å². The Bertz CT molecular complexity index is 431. The van der Waals surface area contributed by atoms with Crippen LogP contribution in [-0.2, 0) is 6.42 Å². The second kappa shape index (κ2) is 4.28. The fourth-order valence-corrected chi connectivity index (χ4v) is 1.57. The molecule has 2 rings (SSSR count). The molecule has 2 aromatic rings. The van der Waals surface area contributed by atoms with E-state index in [0.29, 0.717) is 6.42 Å². The average molecular weight is 202 g/mol. The quantitative estimate of drug-likeness (QED) is 0.822. The van der Waals surface area contributed by atoms with E-state index in [4.69, 9.17) is 5.11 Å². The van der Waals surface area contributed by atoms with Crippen LogP contribution >= 0.6 is 0 Å². The lowest BCUT2D eigenvalue weighted by atomic mass is 10.1. The van der Waals surface area contributed by atoms with Crippen LogP contribution in [0.2, 0.25) is 0 Å². The van der Waals surface area contributed by atoms with Crippen molar-refractivity contribution in [2.45, 2.75) is 13.3 Å². The molecule has 1 aromatic heterocycles. The van der Waals surface area contributed by atoms with Gasteiger partial charge >= 0.3 is 0 Å². The Morgan fingerprint density at radius 2 is 1.93 bits per heavy atom. The van der Waals surface area contributed by atoms with Gasteiger partial charge in [-0.2, -0.15) is 5.10 Å². The summed E-state index contributed by atoms with van der Waals surface area (Å²) >= 11 is 0. The summed E-state index contributed by atoms with van der Waals surface area (Å²) in [6.07, 6.45) is 2.50. The van der Waals surface area contributed by atoms with Crippen molar-refractivity contribution in [2.75, 3.05) is 6.61 Å². The monoisotopic (exact) mass is 202 g/mol. The van der Waals surface area contributed by atoms with Gasteiger partial charge in [-0.15, -0.1) is 0 Å². The SMILES string of the molecule is Cc1ccnn1-c1ccc(CCO)cc1. The van der Waals surface area contributed by atoms with Crippen molar-refractivity contribution < 1.29 is 5.11 Å². The van der Waals surface area contributed by atoms with E-state index in [1.54, 1.807) is 6.20 Å². The van der Waals surface area contributed by atoms with E-state index in [2.05, 4.69) is 5.10 Å². The lowest BCUT2D eigenvalue weighted by Gasteiger charge is -2.05. The van der Waals surface area contributed by atoms with Crippen molar-refractivity contribution in [3.63, 3.8) is 0 Å². The highest BCUT2D eigenvalue weighted by Gasteiger charge is 2.00. The van der Waals surface area contributed by atoms with E-state index in [-0.39, 0.29) is 6.61 Å². The van der Waals surface area contributed by atoms with E-state index in [1.807, 2.05) is 41.9 Å². The average Bonchev–Trinajstić information content (AvgIpc) is 2.66. The van der Waals surface area contributed by atoms with Gasteiger partial charge in [0.2, 0.25) is 0 Å². The molecule has 78 valence electrons. The first-order valence-corrected chi connectivity index (χ1v) is 5.02. The lowest BCUT2D eigenvalue weighted by Crippen LogP contribution is -1.99. The molecule has 1 N–H and O–H groups in total. The van der Waals surface area contributed by atoms with Gasteiger partial charge in [0.15, 0.2) is 0 Å². The molecule has 0 fully saturated rings. The molecule has 15 heavy (non-hydrogen) atoms. The van der Waals surface area contributed by atoms with Crippen molar-refractivity contribution in [2.24, 2.45) is 0 Å². The summed E-state index contributed by atoms with van der Waals surface area (Å²) in [5.41, 5.74) is 3.31. The number of rotatable bonds is 3. The van der Waals surface area contributed by atoms with Gasteiger partial charge in [-0.05, 0) is 37.1 Å². The lowest BCUT2D eigenvalue weighted by molar-refractivity contribution is 0.299. The van der Waals surface area contributed by atoms with Crippen LogP contribution in [0.3, 0.4) is 0 Å². The maximum atomic E-state index is 8.80.